The summed E-state index contributed by atoms with van der Waals surface area (Å²) in [6.45, 7) is 2.62. The van der Waals surface area contributed by atoms with Crippen molar-refractivity contribution >= 4 is 6.03 Å². The summed E-state index contributed by atoms with van der Waals surface area (Å²) in [5.41, 5.74) is 6.99. The molecule has 0 aliphatic heterocycles. The van der Waals surface area contributed by atoms with E-state index in [9.17, 15) is 4.79 Å². The molecular weight excluding hydrogens is 140 g/mol. The van der Waals surface area contributed by atoms with Crippen molar-refractivity contribution in [2.24, 2.45) is 0 Å². The number of hydrogen-bond acceptors (Lipinski definition) is 1. The van der Waals surface area contributed by atoms with Crippen LogP contribution in [0.5, 0.6) is 0 Å². The lowest BCUT2D eigenvalue weighted by molar-refractivity contribution is 0.187. The van der Waals surface area contributed by atoms with E-state index in [2.05, 4.69) is 0 Å². The third-order valence-electron chi connectivity index (χ3n) is 2.37. The van der Waals surface area contributed by atoms with E-state index in [1.165, 1.54) is 12.8 Å². The van der Waals surface area contributed by atoms with E-state index in [0.717, 1.165) is 12.8 Å². The summed E-state index contributed by atoms with van der Waals surface area (Å²) in [7, 11) is 0. The molecule has 1 N–H and O–H groups in total. The van der Waals surface area contributed by atoms with Gasteiger partial charge in [0.25, 0.3) is 0 Å². The van der Waals surface area contributed by atoms with Gasteiger partial charge in [-0.05, 0) is 19.8 Å². The van der Waals surface area contributed by atoms with Gasteiger partial charge in [-0.1, -0.05) is 12.8 Å². The van der Waals surface area contributed by atoms with Crippen molar-refractivity contribution in [3.8, 4) is 0 Å². The number of hydrogen-bond donors (Lipinski definition) is 0. The zero-order valence-electron chi connectivity index (χ0n) is 6.97. The van der Waals surface area contributed by atoms with Gasteiger partial charge in [-0.2, -0.15) is 0 Å². The van der Waals surface area contributed by atoms with Crippen molar-refractivity contribution in [2.45, 2.75) is 38.6 Å². The van der Waals surface area contributed by atoms with Crippen LogP contribution in [-0.4, -0.2) is 23.5 Å². The maximum atomic E-state index is 10.8. The molecule has 0 saturated heterocycles. The van der Waals surface area contributed by atoms with Crippen LogP contribution in [0.1, 0.15) is 32.6 Å². The molecule has 0 atom stereocenters. The second-order valence-electron chi connectivity index (χ2n) is 3.03. The molecule has 1 fully saturated rings. The molecule has 1 rings (SSSR count). The summed E-state index contributed by atoms with van der Waals surface area (Å²) in [5, 5.41) is 0. The number of amides is 2. The second kappa shape index (κ2) is 3.60. The first kappa shape index (κ1) is 8.37. The zero-order valence-corrected chi connectivity index (χ0v) is 6.97. The molecule has 3 heteroatoms. The topological polar surface area (TPSA) is 44.1 Å². The summed E-state index contributed by atoms with van der Waals surface area (Å²) >= 11 is 0. The largest absolute Gasteiger partial charge is 0.336 e. The van der Waals surface area contributed by atoms with E-state index in [1.54, 1.807) is 4.90 Å². The van der Waals surface area contributed by atoms with Crippen molar-refractivity contribution in [3.63, 3.8) is 0 Å². The molecule has 0 aromatic heterocycles. The van der Waals surface area contributed by atoms with Crippen molar-refractivity contribution in [1.82, 2.24) is 10.6 Å². The number of nitrogens with zero attached hydrogens (tertiary/aromatic N) is 1. The second-order valence-corrected chi connectivity index (χ2v) is 3.03. The van der Waals surface area contributed by atoms with E-state index >= 15 is 0 Å². The van der Waals surface area contributed by atoms with Crippen LogP contribution in [0.25, 0.3) is 0 Å². The van der Waals surface area contributed by atoms with Gasteiger partial charge in [0.2, 0.25) is 0 Å². The molecule has 63 valence electrons. The van der Waals surface area contributed by atoms with Gasteiger partial charge in [-0.3, -0.25) is 0 Å². The van der Waals surface area contributed by atoms with Crippen LogP contribution in [0, 0.1) is 0 Å². The Morgan fingerprint density at radius 3 is 2.45 bits per heavy atom. The number of urea groups is 1. The highest BCUT2D eigenvalue weighted by Gasteiger charge is 2.23. The van der Waals surface area contributed by atoms with Crippen molar-refractivity contribution in [3.05, 3.63) is 0 Å². The normalized spacial score (nSPS) is 18.6. The first-order chi connectivity index (χ1) is 5.25. The molecule has 0 unspecified atom stereocenters. The van der Waals surface area contributed by atoms with Crippen LogP contribution < -0.4 is 5.73 Å². The Labute approximate surface area is 67.5 Å². The third-order valence-corrected chi connectivity index (χ3v) is 2.37. The third kappa shape index (κ3) is 1.85. The van der Waals surface area contributed by atoms with E-state index < -0.39 is 6.03 Å². The lowest BCUT2D eigenvalue weighted by Crippen LogP contribution is -2.38. The Balaban J connectivity index is 2.46. The van der Waals surface area contributed by atoms with Crippen molar-refractivity contribution in [1.29, 1.82) is 0 Å². The van der Waals surface area contributed by atoms with Crippen molar-refractivity contribution in [2.75, 3.05) is 6.54 Å². The van der Waals surface area contributed by atoms with E-state index in [-0.39, 0.29) is 0 Å². The van der Waals surface area contributed by atoms with E-state index in [4.69, 9.17) is 5.73 Å². The molecule has 11 heavy (non-hydrogen) atoms. The summed E-state index contributed by atoms with van der Waals surface area (Å²) in [6, 6.07) is -0.149. The molecule has 0 heterocycles. The zero-order chi connectivity index (χ0) is 8.27. The van der Waals surface area contributed by atoms with Gasteiger partial charge in [0.05, 0.1) is 0 Å². The standard InChI is InChI=1S/C8H15N2O/c1-2-10(8(9)11)7-5-3-4-6-7/h7,9H,2-6H2,1H3. The van der Waals surface area contributed by atoms with Gasteiger partial charge in [0, 0.05) is 12.6 Å². The quantitative estimate of drug-likeness (QED) is 0.598. The molecule has 1 saturated carbocycles. The fourth-order valence-corrected chi connectivity index (χ4v) is 1.78. The van der Waals surface area contributed by atoms with Gasteiger partial charge >= 0.3 is 6.03 Å². The molecule has 1 aliphatic rings. The average Bonchev–Trinajstić information content (AvgIpc) is 2.40. The number of nitrogens with one attached hydrogen (secondary N) is 1. The minimum absolute atomic E-state index is 0.366. The maximum absolute atomic E-state index is 10.8. The van der Waals surface area contributed by atoms with Gasteiger partial charge < -0.3 is 4.90 Å². The van der Waals surface area contributed by atoms with E-state index in [1.807, 2.05) is 6.92 Å². The highest BCUT2D eigenvalue weighted by molar-refractivity contribution is 5.71. The van der Waals surface area contributed by atoms with Gasteiger partial charge in [0.1, 0.15) is 0 Å². The Morgan fingerprint density at radius 2 is 2.09 bits per heavy atom. The maximum Gasteiger partial charge on any atom is 0.336 e. The fourth-order valence-electron chi connectivity index (χ4n) is 1.78. The van der Waals surface area contributed by atoms with Gasteiger partial charge in [-0.15, -0.1) is 0 Å². The predicted octanol–water partition coefficient (Wildman–Crippen LogP) is 1.65. The Bertz CT molecular complexity index is 141. The predicted molar refractivity (Wildman–Crippen MR) is 43.1 cm³/mol. The SMILES string of the molecule is CCN(C([NH])=O)C1CCCC1. The van der Waals surface area contributed by atoms with Crippen LogP contribution in [0.15, 0.2) is 0 Å². The molecule has 1 aliphatic carbocycles. The van der Waals surface area contributed by atoms with Crippen LogP contribution in [0.3, 0.4) is 0 Å². The minimum atomic E-state index is -0.514. The Kier molecular flexibility index (Phi) is 2.74. The van der Waals surface area contributed by atoms with Gasteiger partial charge in [-0.25, -0.2) is 10.5 Å². The number of carbonyl (C=O) groups excluding carboxylic acids is 1. The number of carbonyl (C=O) groups is 1. The summed E-state index contributed by atoms with van der Waals surface area (Å²) in [6.07, 6.45) is 4.62. The van der Waals surface area contributed by atoms with Crippen LogP contribution in [0.2, 0.25) is 0 Å². The van der Waals surface area contributed by atoms with Crippen LogP contribution in [-0.2, 0) is 0 Å². The summed E-state index contributed by atoms with van der Waals surface area (Å²) < 4.78 is 0. The van der Waals surface area contributed by atoms with Crippen LogP contribution >= 0.6 is 0 Å². The molecular formula is C8H15N2O. The monoisotopic (exact) mass is 155 g/mol. The van der Waals surface area contributed by atoms with Crippen LogP contribution in [0.4, 0.5) is 4.79 Å². The lowest BCUT2D eigenvalue weighted by atomic mass is 10.2. The Hall–Kier alpha value is -0.730. The summed E-state index contributed by atoms with van der Waals surface area (Å²) in [4.78, 5) is 12.4. The first-order valence-electron chi connectivity index (χ1n) is 4.28. The van der Waals surface area contributed by atoms with E-state index in [0.29, 0.717) is 12.6 Å². The minimum Gasteiger partial charge on any atom is -0.321 e. The molecule has 2 amide bonds. The van der Waals surface area contributed by atoms with Gasteiger partial charge in [0.15, 0.2) is 0 Å². The fraction of sp³-hybridized carbons (Fsp3) is 0.875. The first-order valence-corrected chi connectivity index (χ1v) is 4.28. The molecule has 0 spiro atoms. The Morgan fingerprint density at radius 1 is 1.55 bits per heavy atom. The lowest BCUT2D eigenvalue weighted by Gasteiger charge is -2.24. The molecule has 0 aromatic carbocycles. The van der Waals surface area contributed by atoms with Crippen molar-refractivity contribution < 1.29 is 4.79 Å². The molecule has 1 radical (unpaired) electrons. The highest BCUT2D eigenvalue weighted by atomic mass is 16.2. The molecule has 0 bridgehead atoms. The summed E-state index contributed by atoms with van der Waals surface area (Å²) in [5.74, 6) is 0. The average molecular weight is 155 g/mol. The molecule has 0 aromatic rings. The highest BCUT2D eigenvalue weighted by Crippen LogP contribution is 2.22. The number of rotatable bonds is 2. The smallest absolute Gasteiger partial charge is 0.321 e. The molecule has 3 nitrogen and oxygen atoms in total.